The van der Waals surface area contributed by atoms with E-state index in [9.17, 15) is 20.0 Å². The van der Waals surface area contributed by atoms with Crippen LogP contribution in [0, 0.1) is 10.1 Å². The Bertz CT molecular complexity index is 983. The van der Waals surface area contributed by atoms with Gasteiger partial charge in [-0.25, -0.2) is 4.79 Å². The van der Waals surface area contributed by atoms with Crippen molar-refractivity contribution in [3.05, 3.63) is 45.9 Å². The highest BCUT2D eigenvalue weighted by molar-refractivity contribution is 6.28. The van der Waals surface area contributed by atoms with Gasteiger partial charge in [0.1, 0.15) is 24.2 Å². The summed E-state index contributed by atoms with van der Waals surface area (Å²) in [6.07, 6.45) is 0.469. The molecular weight excluding hydrogens is 466 g/mol. The van der Waals surface area contributed by atoms with Crippen molar-refractivity contribution in [2.24, 2.45) is 0 Å². The molecule has 1 saturated heterocycles. The van der Waals surface area contributed by atoms with E-state index in [2.05, 4.69) is 9.88 Å². The Labute approximate surface area is 203 Å². The highest BCUT2D eigenvalue weighted by Crippen LogP contribution is 2.22. The fourth-order valence-electron chi connectivity index (χ4n) is 3.42. The first-order valence-corrected chi connectivity index (χ1v) is 11.4. The maximum atomic E-state index is 12.2. The van der Waals surface area contributed by atoms with Crippen LogP contribution in [-0.2, 0) is 11.3 Å². The van der Waals surface area contributed by atoms with E-state index in [0.29, 0.717) is 38.3 Å². The van der Waals surface area contributed by atoms with Crippen molar-refractivity contribution < 1.29 is 24.3 Å². The molecule has 3 rings (SSSR count). The van der Waals surface area contributed by atoms with Gasteiger partial charge in [-0.2, -0.15) is 0 Å². The molecule has 0 unspecified atom stereocenters. The van der Waals surface area contributed by atoms with Crippen LogP contribution < -0.4 is 9.64 Å². The van der Waals surface area contributed by atoms with Crippen LogP contribution in [0.2, 0.25) is 5.28 Å². The Morgan fingerprint density at radius 3 is 2.44 bits per heavy atom. The van der Waals surface area contributed by atoms with Gasteiger partial charge in [0, 0.05) is 38.4 Å². The second-order valence-electron chi connectivity index (χ2n) is 9.02. The van der Waals surface area contributed by atoms with Crippen molar-refractivity contribution in [1.29, 1.82) is 0 Å². The van der Waals surface area contributed by atoms with E-state index >= 15 is 0 Å². The second-order valence-corrected chi connectivity index (χ2v) is 9.36. The number of aliphatic hydroxyl groups is 1. The fourth-order valence-corrected chi connectivity index (χ4v) is 3.64. The Balaban J connectivity index is 1.42. The largest absolute Gasteiger partial charge is 0.491 e. The number of halogens is 1. The second kappa shape index (κ2) is 10.9. The van der Waals surface area contributed by atoms with Gasteiger partial charge in [-0.05, 0) is 73.0 Å². The Morgan fingerprint density at radius 1 is 1.24 bits per heavy atom. The molecule has 0 radical (unpaired) electrons. The lowest BCUT2D eigenvalue weighted by Gasteiger charge is -2.36. The van der Waals surface area contributed by atoms with Crippen LogP contribution in [0.1, 0.15) is 27.2 Å². The summed E-state index contributed by atoms with van der Waals surface area (Å²) in [5, 5.41) is 20.9. The molecule has 1 aliphatic heterocycles. The fraction of sp³-hybridized carbons (Fsp3) is 0.545. The summed E-state index contributed by atoms with van der Waals surface area (Å²) in [5.41, 5.74) is 0.512. The Hall–Kier alpha value is -3.05. The number of piperazine rings is 1. The predicted molar refractivity (Wildman–Crippen MR) is 126 cm³/mol. The molecule has 0 saturated carbocycles. The number of nitrogens with zero attached hydrogens (tertiary/aromatic N) is 5. The van der Waals surface area contributed by atoms with Crippen molar-refractivity contribution in [3.8, 4) is 5.75 Å². The molecule has 1 aromatic carbocycles. The number of rotatable bonds is 8. The van der Waals surface area contributed by atoms with Gasteiger partial charge < -0.3 is 34.5 Å². The maximum absolute atomic E-state index is 12.2. The van der Waals surface area contributed by atoms with Crippen LogP contribution >= 0.6 is 11.6 Å². The first-order valence-electron chi connectivity index (χ1n) is 11.0. The van der Waals surface area contributed by atoms with Crippen molar-refractivity contribution >= 4 is 29.2 Å². The lowest BCUT2D eigenvalue weighted by Crippen LogP contribution is -2.50. The number of carbonyl (C=O) groups excluding carboxylic acids is 1. The number of carbonyl (C=O) groups is 1. The quantitative estimate of drug-likeness (QED) is 0.437. The number of imidazole rings is 1. The minimum Gasteiger partial charge on any atom is -0.491 e. The molecule has 12 heteroatoms. The third kappa shape index (κ3) is 7.22. The third-order valence-corrected chi connectivity index (χ3v) is 5.48. The Morgan fingerprint density at radius 2 is 1.88 bits per heavy atom. The first kappa shape index (κ1) is 25.6. The molecule has 0 aliphatic carbocycles. The van der Waals surface area contributed by atoms with E-state index in [1.165, 1.54) is 10.8 Å². The zero-order valence-corrected chi connectivity index (χ0v) is 20.3. The lowest BCUT2D eigenvalue weighted by atomic mass is 10.2. The molecule has 1 aromatic heterocycles. The molecule has 0 spiro atoms. The van der Waals surface area contributed by atoms with Crippen molar-refractivity contribution in [3.63, 3.8) is 0 Å². The van der Waals surface area contributed by atoms with E-state index in [1.807, 2.05) is 45.0 Å². The number of amides is 1. The van der Waals surface area contributed by atoms with Gasteiger partial charge in [0.05, 0.1) is 6.10 Å². The summed E-state index contributed by atoms with van der Waals surface area (Å²) in [6.45, 7) is 8.49. The molecule has 2 heterocycles. The average Bonchev–Trinajstić information content (AvgIpc) is 3.16. The van der Waals surface area contributed by atoms with E-state index in [4.69, 9.17) is 21.1 Å². The van der Waals surface area contributed by atoms with Crippen LogP contribution in [-0.4, -0.2) is 75.1 Å². The SMILES string of the molecule is CC(C)(C)OC(=O)N1CCN(c2ccc(OC[C@H](O)CCn3cc([N+](=O)[O-])nc3Cl)cc2)CC1. The summed E-state index contributed by atoms with van der Waals surface area (Å²) in [4.78, 5) is 29.9. The van der Waals surface area contributed by atoms with Crippen molar-refractivity contribution in [2.45, 2.75) is 45.4 Å². The molecular formula is C22H30ClN5O6. The van der Waals surface area contributed by atoms with Crippen LogP contribution in [0.3, 0.4) is 0 Å². The smallest absolute Gasteiger partial charge is 0.410 e. The van der Waals surface area contributed by atoms with Crippen LogP contribution in [0.15, 0.2) is 30.5 Å². The molecule has 2 aromatic rings. The van der Waals surface area contributed by atoms with Crippen LogP contribution in [0.5, 0.6) is 5.75 Å². The summed E-state index contributed by atoms with van der Waals surface area (Å²) in [5.74, 6) is 0.286. The average molecular weight is 496 g/mol. The molecule has 1 aliphatic rings. The van der Waals surface area contributed by atoms with Gasteiger partial charge in [0.15, 0.2) is 0 Å². The van der Waals surface area contributed by atoms with E-state index in [1.54, 1.807) is 4.90 Å². The normalized spacial score (nSPS) is 15.2. The van der Waals surface area contributed by atoms with Gasteiger partial charge >= 0.3 is 17.2 Å². The number of anilines is 1. The van der Waals surface area contributed by atoms with Gasteiger partial charge in [0.2, 0.25) is 0 Å². The zero-order chi connectivity index (χ0) is 24.9. The van der Waals surface area contributed by atoms with Crippen molar-refractivity contribution in [1.82, 2.24) is 14.5 Å². The van der Waals surface area contributed by atoms with Crippen LogP contribution in [0.25, 0.3) is 0 Å². The number of aryl methyl sites for hydroxylation is 1. The standard InChI is InChI=1S/C22H30ClN5O6/c1-22(2,3)34-21(30)26-12-10-25(11-13-26)16-4-6-18(7-5-16)33-15-17(29)8-9-27-14-19(28(31)32)24-20(27)23/h4-7,14,17,29H,8-13,15H2,1-3H3/t17-/m1/s1. The summed E-state index contributed by atoms with van der Waals surface area (Å²) in [7, 11) is 0. The number of benzene rings is 1. The molecule has 1 N–H and O–H groups in total. The molecule has 34 heavy (non-hydrogen) atoms. The number of aromatic nitrogens is 2. The van der Waals surface area contributed by atoms with Gasteiger partial charge in [-0.15, -0.1) is 0 Å². The number of aliphatic hydroxyl groups excluding tert-OH is 1. The summed E-state index contributed by atoms with van der Waals surface area (Å²) >= 11 is 5.88. The monoisotopic (exact) mass is 495 g/mol. The lowest BCUT2D eigenvalue weighted by molar-refractivity contribution is -0.389. The van der Waals surface area contributed by atoms with E-state index in [-0.39, 0.29) is 30.3 Å². The van der Waals surface area contributed by atoms with Crippen LogP contribution in [0.4, 0.5) is 16.3 Å². The number of nitro groups is 1. The number of hydrogen-bond acceptors (Lipinski definition) is 8. The summed E-state index contributed by atoms with van der Waals surface area (Å²) < 4.78 is 12.5. The zero-order valence-electron chi connectivity index (χ0n) is 19.5. The highest BCUT2D eigenvalue weighted by atomic mass is 35.5. The summed E-state index contributed by atoms with van der Waals surface area (Å²) in [6, 6.07) is 7.54. The van der Waals surface area contributed by atoms with Gasteiger partial charge in [-0.1, -0.05) is 0 Å². The third-order valence-electron chi connectivity index (χ3n) is 5.18. The number of ether oxygens (including phenoxy) is 2. The topological polar surface area (TPSA) is 123 Å². The van der Waals surface area contributed by atoms with Crippen molar-refractivity contribution in [2.75, 3.05) is 37.7 Å². The molecule has 11 nitrogen and oxygen atoms in total. The number of hydrogen-bond donors (Lipinski definition) is 1. The first-order chi connectivity index (χ1) is 16.0. The molecule has 1 atom stereocenters. The molecule has 186 valence electrons. The highest BCUT2D eigenvalue weighted by Gasteiger charge is 2.26. The van der Waals surface area contributed by atoms with E-state index in [0.717, 1.165) is 5.69 Å². The predicted octanol–water partition coefficient (Wildman–Crippen LogP) is 3.33. The molecule has 1 amide bonds. The van der Waals surface area contributed by atoms with E-state index < -0.39 is 16.6 Å². The molecule has 1 fully saturated rings. The minimum atomic E-state index is -0.780. The van der Waals surface area contributed by atoms with Gasteiger partial charge in [0.25, 0.3) is 0 Å². The maximum Gasteiger partial charge on any atom is 0.410 e. The van der Waals surface area contributed by atoms with Gasteiger partial charge in [-0.3, -0.25) is 4.57 Å². The Kier molecular flexibility index (Phi) is 8.21. The molecule has 0 bridgehead atoms. The minimum absolute atomic E-state index is 0.00216.